The maximum atomic E-state index is 14.4. The van der Waals surface area contributed by atoms with Gasteiger partial charge in [0.15, 0.2) is 0 Å². The van der Waals surface area contributed by atoms with Crippen LogP contribution in [0.15, 0.2) is 23.4 Å². The van der Waals surface area contributed by atoms with Crippen LogP contribution >= 0.6 is 0 Å². The smallest absolute Gasteiger partial charge is 0.414 e. The summed E-state index contributed by atoms with van der Waals surface area (Å²) in [6.07, 6.45) is -0.647. The zero-order valence-electron chi connectivity index (χ0n) is 12.7. The van der Waals surface area contributed by atoms with Crippen molar-refractivity contribution < 1.29 is 13.9 Å². The van der Waals surface area contributed by atoms with Crippen molar-refractivity contribution in [3.63, 3.8) is 0 Å². The van der Waals surface area contributed by atoms with Gasteiger partial charge < -0.3 is 9.64 Å². The summed E-state index contributed by atoms with van der Waals surface area (Å²) in [5, 5.41) is 5.17. The van der Waals surface area contributed by atoms with Gasteiger partial charge in [-0.25, -0.2) is 14.2 Å². The number of piperazine rings is 1. The summed E-state index contributed by atoms with van der Waals surface area (Å²) in [5.74, 6) is -0.382. The molecule has 0 spiro atoms. The summed E-state index contributed by atoms with van der Waals surface area (Å²) < 4.78 is 19.5. The number of azide groups is 1. The van der Waals surface area contributed by atoms with Gasteiger partial charge in [-0.1, -0.05) is 0 Å². The Bertz CT molecular complexity index is 655. The number of hydrogen-bond donors (Lipinski definition) is 0. The van der Waals surface area contributed by atoms with Crippen LogP contribution in [0.3, 0.4) is 0 Å². The second-order valence-corrected chi connectivity index (χ2v) is 5.56. The van der Waals surface area contributed by atoms with Crippen LogP contribution < -0.4 is 9.80 Å². The Morgan fingerprint density at radius 3 is 2.65 bits per heavy atom. The maximum Gasteiger partial charge on any atom is 0.414 e. The van der Waals surface area contributed by atoms with Gasteiger partial charge in [-0.05, 0) is 30.3 Å². The van der Waals surface area contributed by atoms with Crippen molar-refractivity contribution in [2.75, 3.05) is 42.5 Å². The molecule has 122 valence electrons. The highest BCUT2D eigenvalue weighted by Gasteiger charge is 2.30. The Morgan fingerprint density at radius 1 is 1.35 bits per heavy atom. The Balaban J connectivity index is 1.73. The molecule has 0 saturated carbocycles. The van der Waals surface area contributed by atoms with Crippen LogP contribution in [0.2, 0.25) is 0 Å². The molecule has 2 heterocycles. The minimum atomic E-state index is -0.451. The zero-order valence-corrected chi connectivity index (χ0v) is 12.7. The first-order chi connectivity index (χ1) is 11.1. The summed E-state index contributed by atoms with van der Waals surface area (Å²) in [6, 6.07) is 4.75. The summed E-state index contributed by atoms with van der Waals surface area (Å²) in [7, 11) is 0. The topological polar surface area (TPSA) is 84.8 Å². The average Bonchev–Trinajstić information content (AvgIpc) is 2.87. The molecule has 8 nitrogen and oxygen atoms in total. The third-order valence-corrected chi connectivity index (χ3v) is 3.97. The number of halogens is 1. The van der Waals surface area contributed by atoms with E-state index in [0.717, 1.165) is 0 Å². The Labute approximate surface area is 132 Å². The van der Waals surface area contributed by atoms with E-state index in [1.807, 2.05) is 4.90 Å². The summed E-state index contributed by atoms with van der Waals surface area (Å²) in [4.78, 5) is 17.8. The molecule has 0 aliphatic carbocycles. The van der Waals surface area contributed by atoms with E-state index in [9.17, 15) is 9.18 Å². The van der Waals surface area contributed by atoms with E-state index >= 15 is 0 Å². The van der Waals surface area contributed by atoms with Crippen LogP contribution in [0.1, 0.15) is 6.92 Å². The molecule has 1 aromatic carbocycles. The number of benzene rings is 1. The monoisotopic (exact) mass is 320 g/mol. The fraction of sp³-hybridized carbons (Fsp3) is 0.500. The van der Waals surface area contributed by atoms with Crippen molar-refractivity contribution in [3.05, 3.63) is 34.5 Å². The molecule has 9 heteroatoms. The van der Waals surface area contributed by atoms with Gasteiger partial charge in [-0.3, -0.25) is 4.90 Å². The van der Waals surface area contributed by atoms with Crippen LogP contribution in [-0.4, -0.2) is 49.9 Å². The van der Waals surface area contributed by atoms with Gasteiger partial charge in [0.05, 0.1) is 31.0 Å². The Morgan fingerprint density at radius 2 is 2.09 bits per heavy atom. The molecule has 1 aromatic rings. The van der Waals surface area contributed by atoms with E-state index < -0.39 is 6.09 Å². The number of amides is 1. The minimum Gasteiger partial charge on any atom is -0.444 e. The van der Waals surface area contributed by atoms with Crippen molar-refractivity contribution in [2.24, 2.45) is 5.22 Å². The SMILES string of the molecule is C[C@H]1CN(c2ccc(N3CCN(N=[N+]=[N-])CC3)c(F)c2)C(=O)O1. The second kappa shape index (κ2) is 6.21. The predicted molar refractivity (Wildman–Crippen MR) is 82.6 cm³/mol. The zero-order chi connectivity index (χ0) is 16.4. The van der Waals surface area contributed by atoms with E-state index in [4.69, 9.17) is 10.3 Å². The van der Waals surface area contributed by atoms with Gasteiger partial charge in [0.25, 0.3) is 0 Å². The van der Waals surface area contributed by atoms with Gasteiger partial charge >= 0.3 is 6.09 Å². The standard InChI is InChI=1S/C14H17FN6O2/c1-10-9-21(14(22)23-10)11-2-3-13(12(15)8-11)19-4-6-20(7-5-19)18-17-16/h2-3,8,10H,4-7,9H2,1H3/t10-/m0/s1. The molecule has 2 aliphatic rings. The van der Waals surface area contributed by atoms with E-state index in [-0.39, 0.29) is 11.9 Å². The predicted octanol–water partition coefficient (Wildman–Crippen LogP) is 2.52. The molecule has 1 atom stereocenters. The van der Waals surface area contributed by atoms with Crippen LogP contribution in [0.4, 0.5) is 20.6 Å². The molecule has 1 amide bonds. The van der Waals surface area contributed by atoms with Gasteiger partial charge in [0, 0.05) is 0 Å². The normalized spacial score (nSPS) is 21.2. The lowest BCUT2D eigenvalue weighted by molar-refractivity contribution is 0.150. The highest BCUT2D eigenvalue weighted by atomic mass is 19.1. The number of nitrogens with zero attached hydrogens (tertiary/aromatic N) is 6. The lowest BCUT2D eigenvalue weighted by atomic mass is 10.2. The summed E-state index contributed by atoms with van der Waals surface area (Å²) >= 11 is 0. The van der Waals surface area contributed by atoms with Gasteiger partial charge in [-0.2, -0.15) is 4.91 Å². The quantitative estimate of drug-likeness (QED) is 0.486. The molecule has 2 saturated heterocycles. The number of carbonyl (C=O) groups excluding carboxylic acids is 1. The van der Waals surface area contributed by atoms with Crippen molar-refractivity contribution in [1.82, 2.24) is 5.01 Å². The Kier molecular flexibility index (Phi) is 4.12. The first-order valence-corrected chi connectivity index (χ1v) is 7.41. The fourth-order valence-corrected chi connectivity index (χ4v) is 2.82. The van der Waals surface area contributed by atoms with Crippen LogP contribution in [0, 0.1) is 5.82 Å². The van der Waals surface area contributed by atoms with E-state index in [0.29, 0.717) is 44.1 Å². The van der Waals surface area contributed by atoms with Crippen LogP contribution in [0.25, 0.3) is 10.4 Å². The molecule has 0 N–H and O–H groups in total. The van der Waals surface area contributed by atoms with Gasteiger partial charge in [0.2, 0.25) is 0 Å². The first-order valence-electron chi connectivity index (χ1n) is 7.41. The number of rotatable bonds is 3. The number of anilines is 2. The molecule has 23 heavy (non-hydrogen) atoms. The lowest BCUT2D eigenvalue weighted by Gasteiger charge is -2.32. The maximum absolute atomic E-state index is 14.4. The second-order valence-electron chi connectivity index (χ2n) is 5.56. The molecule has 0 unspecified atom stereocenters. The van der Waals surface area contributed by atoms with E-state index in [1.54, 1.807) is 24.1 Å². The van der Waals surface area contributed by atoms with E-state index in [1.165, 1.54) is 11.0 Å². The van der Waals surface area contributed by atoms with Crippen molar-refractivity contribution in [2.45, 2.75) is 13.0 Å². The average molecular weight is 320 g/mol. The highest BCUT2D eigenvalue weighted by molar-refractivity contribution is 5.90. The van der Waals surface area contributed by atoms with E-state index in [2.05, 4.69) is 10.1 Å². The van der Waals surface area contributed by atoms with Crippen molar-refractivity contribution >= 4 is 17.5 Å². The summed E-state index contributed by atoms with van der Waals surface area (Å²) in [5.41, 5.74) is 9.40. The van der Waals surface area contributed by atoms with Gasteiger partial charge in [-0.15, -0.1) is 5.53 Å². The number of hydrogen-bond acceptors (Lipinski definition) is 4. The molecule has 3 rings (SSSR count). The van der Waals surface area contributed by atoms with Gasteiger partial charge in [0.1, 0.15) is 25.0 Å². The number of carbonyl (C=O) groups is 1. The molecule has 2 aliphatic heterocycles. The molecular weight excluding hydrogens is 303 g/mol. The number of ether oxygens (including phenoxy) is 1. The van der Waals surface area contributed by atoms with Crippen molar-refractivity contribution in [1.29, 1.82) is 0 Å². The molecule has 0 bridgehead atoms. The third kappa shape index (κ3) is 3.09. The van der Waals surface area contributed by atoms with Crippen LogP contribution in [0.5, 0.6) is 0 Å². The minimum absolute atomic E-state index is 0.195. The largest absolute Gasteiger partial charge is 0.444 e. The first kappa shape index (κ1) is 15.2. The summed E-state index contributed by atoms with van der Waals surface area (Å²) in [6.45, 7) is 4.44. The van der Waals surface area contributed by atoms with Crippen molar-refractivity contribution in [3.8, 4) is 0 Å². The molecule has 0 aromatic heterocycles. The number of cyclic esters (lactones) is 1. The molecule has 0 radical (unpaired) electrons. The fourth-order valence-electron chi connectivity index (χ4n) is 2.82. The lowest BCUT2D eigenvalue weighted by Crippen LogP contribution is -2.44. The molecular formula is C14H17FN6O2. The third-order valence-electron chi connectivity index (χ3n) is 3.97. The Hall–Kier alpha value is -2.67. The molecule has 2 fully saturated rings. The van der Waals surface area contributed by atoms with Crippen LogP contribution in [-0.2, 0) is 4.74 Å². The highest BCUT2D eigenvalue weighted by Crippen LogP contribution is 2.28.